The van der Waals surface area contributed by atoms with Crippen LogP contribution in [0.4, 0.5) is 13.2 Å². The lowest BCUT2D eigenvalue weighted by Gasteiger charge is -2.19. The quantitative estimate of drug-likeness (QED) is 0.425. The molecule has 0 saturated heterocycles. The van der Waals surface area contributed by atoms with E-state index in [1.165, 1.54) is 29.8 Å². The minimum absolute atomic E-state index is 0.0426. The molecule has 0 saturated carbocycles. The van der Waals surface area contributed by atoms with Crippen LogP contribution in [0.3, 0.4) is 0 Å². The number of alkyl halides is 3. The molecule has 0 aliphatic heterocycles. The zero-order valence-corrected chi connectivity index (χ0v) is 18.6. The summed E-state index contributed by atoms with van der Waals surface area (Å²) in [5, 5.41) is 9.31. The molecule has 3 aromatic rings. The van der Waals surface area contributed by atoms with Crippen molar-refractivity contribution in [1.82, 2.24) is 0 Å². The molecule has 4 nitrogen and oxygen atoms in total. The van der Waals surface area contributed by atoms with Crippen molar-refractivity contribution in [2.45, 2.75) is 45.6 Å². The molecule has 7 heteroatoms. The second-order valence-corrected chi connectivity index (χ2v) is 8.70. The third-order valence-corrected chi connectivity index (χ3v) is 5.04. The van der Waals surface area contributed by atoms with Gasteiger partial charge < -0.3 is 14.6 Å². The highest BCUT2D eigenvalue weighted by molar-refractivity contribution is 5.74. The van der Waals surface area contributed by atoms with Crippen molar-refractivity contribution in [3.63, 3.8) is 0 Å². The van der Waals surface area contributed by atoms with Crippen LogP contribution in [0.25, 0.3) is 11.1 Å². The Labute approximate surface area is 190 Å². The largest absolute Gasteiger partial charge is 0.573 e. The van der Waals surface area contributed by atoms with E-state index in [-0.39, 0.29) is 24.2 Å². The van der Waals surface area contributed by atoms with E-state index >= 15 is 0 Å². The predicted molar refractivity (Wildman–Crippen MR) is 119 cm³/mol. The first-order valence-corrected chi connectivity index (χ1v) is 10.3. The molecule has 0 unspecified atom stereocenters. The summed E-state index contributed by atoms with van der Waals surface area (Å²) in [6.45, 7) is 6.68. The maximum atomic E-state index is 12.4. The summed E-state index contributed by atoms with van der Waals surface area (Å²) in [6.07, 6.45) is -5.01. The van der Waals surface area contributed by atoms with E-state index in [0.717, 1.165) is 5.56 Å². The van der Waals surface area contributed by atoms with E-state index in [4.69, 9.17) is 4.74 Å². The molecule has 0 radical (unpaired) electrons. The lowest BCUT2D eigenvalue weighted by atomic mass is 9.87. The third kappa shape index (κ3) is 7.00. The molecular formula is C26H25F3O4. The summed E-state index contributed by atoms with van der Waals surface area (Å²) in [7, 11) is 0. The van der Waals surface area contributed by atoms with Crippen LogP contribution in [0.1, 0.15) is 37.5 Å². The SMILES string of the molecule is CC(C)(C)c1ccc(COc2ccc(-c3ccc(OC(F)(F)F)cc3)cc2CC(=O)O)cc1. The van der Waals surface area contributed by atoms with Gasteiger partial charge in [0.15, 0.2) is 0 Å². The van der Waals surface area contributed by atoms with Crippen LogP contribution in [0.5, 0.6) is 11.5 Å². The molecule has 33 heavy (non-hydrogen) atoms. The standard InChI is InChI=1S/C26H25F3O4/c1-25(2,3)21-9-4-17(5-10-21)16-32-23-13-8-19(14-20(23)15-24(30)31)18-6-11-22(12-7-18)33-26(27,28)29/h4-14H,15-16H2,1-3H3,(H,30,31). The highest BCUT2D eigenvalue weighted by atomic mass is 19.4. The molecule has 0 atom stereocenters. The van der Waals surface area contributed by atoms with Gasteiger partial charge in [0.05, 0.1) is 6.42 Å². The second kappa shape index (κ2) is 9.57. The molecule has 0 aliphatic carbocycles. The van der Waals surface area contributed by atoms with Crippen molar-refractivity contribution in [3.8, 4) is 22.6 Å². The number of carbonyl (C=O) groups is 1. The van der Waals surface area contributed by atoms with Gasteiger partial charge in [0, 0.05) is 5.56 Å². The van der Waals surface area contributed by atoms with Crippen molar-refractivity contribution in [2.24, 2.45) is 0 Å². The third-order valence-electron chi connectivity index (χ3n) is 5.04. The molecular weight excluding hydrogens is 433 g/mol. The summed E-state index contributed by atoms with van der Waals surface area (Å²) in [5.74, 6) is -0.895. The Balaban J connectivity index is 1.78. The van der Waals surface area contributed by atoms with Gasteiger partial charge in [0.1, 0.15) is 18.1 Å². The lowest BCUT2D eigenvalue weighted by Crippen LogP contribution is -2.16. The van der Waals surface area contributed by atoms with E-state index in [9.17, 15) is 23.1 Å². The van der Waals surface area contributed by atoms with Crippen LogP contribution in [0, 0.1) is 0 Å². The maximum absolute atomic E-state index is 12.4. The van der Waals surface area contributed by atoms with E-state index < -0.39 is 12.3 Å². The minimum Gasteiger partial charge on any atom is -0.489 e. The van der Waals surface area contributed by atoms with Crippen molar-refractivity contribution in [3.05, 3.63) is 83.4 Å². The van der Waals surface area contributed by atoms with Crippen molar-refractivity contribution in [2.75, 3.05) is 0 Å². The maximum Gasteiger partial charge on any atom is 0.573 e. The van der Waals surface area contributed by atoms with Crippen LogP contribution in [-0.2, 0) is 23.2 Å². The van der Waals surface area contributed by atoms with Gasteiger partial charge >= 0.3 is 12.3 Å². The van der Waals surface area contributed by atoms with Gasteiger partial charge in [-0.15, -0.1) is 13.2 Å². The fourth-order valence-electron chi connectivity index (χ4n) is 3.31. The van der Waals surface area contributed by atoms with Gasteiger partial charge in [0.2, 0.25) is 0 Å². The van der Waals surface area contributed by atoms with Crippen LogP contribution < -0.4 is 9.47 Å². The average Bonchev–Trinajstić information content (AvgIpc) is 2.71. The zero-order valence-electron chi connectivity index (χ0n) is 18.6. The molecule has 174 valence electrons. The molecule has 0 aromatic heterocycles. The molecule has 1 N–H and O–H groups in total. The van der Waals surface area contributed by atoms with E-state index in [0.29, 0.717) is 22.4 Å². The molecule has 0 heterocycles. The summed E-state index contributed by atoms with van der Waals surface area (Å²) in [6, 6.07) is 18.5. The first-order valence-electron chi connectivity index (χ1n) is 10.3. The number of ether oxygens (including phenoxy) is 2. The number of benzene rings is 3. The number of hydrogen-bond acceptors (Lipinski definition) is 3. The summed E-state index contributed by atoms with van der Waals surface area (Å²) >= 11 is 0. The second-order valence-electron chi connectivity index (χ2n) is 8.70. The Morgan fingerprint density at radius 2 is 1.48 bits per heavy atom. The molecule has 0 spiro atoms. The summed E-state index contributed by atoms with van der Waals surface area (Å²) in [4.78, 5) is 11.4. The Hall–Kier alpha value is -3.48. The Kier molecular flexibility index (Phi) is 7.01. The molecule has 0 amide bonds. The van der Waals surface area contributed by atoms with Crippen LogP contribution in [-0.4, -0.2) is 17.4 Å². The van der Waals surface area contributed by atoms with E-state index in [1.54, 1.807) is 18.2 Å². The van der Waals surface area contributed by atoms with E-state index in [1.807, 2.05) is 24.3 Å². The van der Waals surface area contributed by atoms with Gasteiger partial charge in [-0.05, 0) is 51.9 Å². The first kappa shape index (κ1) is 24.2. The normalized spacial score (nSPS) is 11.8. The molecule has 3 rings (SSSR count). The van der Waals surface area contributed by atoms with Crippen LogP contribution in [0.2, 0.25) is 0 Å². The molecule has 0 fully saturated rings. The van der Waals surface area contributed by atoms with Crippen molar-refractivity contribution < 1.29 is 32.5 Å². The van der Waals surface area contributed by atoms with Crippen LogP contribution in [0.15, 0.2) is 66.7 Å². The molecule has 0 aliphatic rings. The lowest BCUT2D eigenvalue weighted by molar-refractivity contribution is -0.274. The number of hydrogen-bond donors (Lipinski definition) is 1. The highest BCUT2D eigenvalue weighted by Gasteiger charge is 2.31. The Morgan fingerprint density at radius 1 is 0.879 bits per heavy atom. The Bertz CT molecular complexity index is 1100. The molecule has 3 aromatic carbocycles. The smallest absolute Gasteiger partial charge is 0.489 e. The number of aliphatic carboxylic acids is 1. The number of carboxylic acid groups (broad SMARTS) is 1. The fourth-order valence-corrected chi connectivity index (χ4v) is 3.31. The summed E-state index contributed by atoms with van der Waals surface area (Å²) in [5.41, 5.74) is 3.96. The van der Waals surface area contributed by atoms with Gasteiger partial charge in [-0.1, -0.05) is 63.2 Å². The number of rotatable bonds is 7. The Morgan fingerprint density at radius 3 is 2.03 bits per heavy atom. The van der Waals surface area contributed by atoms with Gasteiger partial charge in [-0.2, -0.15) is 0 Å². The fraction of sp³-hybridized carbons (Fsp3) is 0.269. The van der Waals surface area contributed by atoms with Gasteiger partial charge in [-0.25, -0.2) is 0 Å². The van der Waals surface area contributed by atoms with E-state index in [2.05, 4.69) is 25.5 Å². The molecule has 0 bridgehead atoms. The topological polar surface area (TPSA) is 55.8 Å². The number of halogens is 3. The van der Waals surface area contributed by atoms with Crippen molar-refractivity contribution >= 4 is 5.97 Å². The minimum atomic E-state index is -4.76. The first-order chi connectivity index (χ1) is 15.4. The highest BCUT2D eigenvalue weighted by Crippen LogP contribution is 2.31. The predicted octanol–water partition coefficient (Wildman–Crippen LogP) is 6.76. The van der Waals surface area contributed by atoms with Gasteiger partial charge in [0.25, 0.3) is 0 Å². The van der Waals surface area contributed by atoms with Crippen LogP contribution >= 0.6 is 0 Å². The average molecular weight is 458 g/mol. The number of carboxylic acids is 1. The van der Waals surface area contributed by atoms with Gasteiger partial charge in [-0.3, -0.25) is 4.79 Å². The monoisotopic (exact) mass is 458 g/mol. The zero-order chi connectivity index (χ0) is 24.2. The summed E-state index contributed by atoms with van der Waals surface area (Å²) < 4.78 is 46.9. The van der Waals surface area contributed by atoms with Crippen molar-refractivity contribution in [1.29, 1.82) is 0 Å².